The second kappa shape index (κ2) is 9.19. The van der Waals surface area contributed by atoms with Crippen LogP contribution in [0.2, 0.25) is 0 Å². The van der Waals surface area contributed by atoms with Crippen LogP contribution in [0.1, 0.15) is 48.3 Å². The van der Waals surface area contributed by atoms with Gasteiger partial charge in [0.15, 0.2) is 0 Å². The molecule has 1 atom stereocenters. The van der Waals surface area contributed by atoms with Gasteiger partial charge in [0.25, 0.3) is 17.7 Å². The largest absolute Gasteiger partial charge is 0.495 e. The summed E-state index contributed by atoms with van der Waals surface area (Å²) in [6.07, 6.45) is -1.27. The van der Waals surface area contributed by atoms with Crippen molar-refractivity contribution in [1.29, 1.82) is 0 Å². The maximum absolute atomic E-state index is 13.2. The number of hydrogen-bond donors (Lipinski definition) is 1. The van der Waals surface area contributed by atoms with Gasteiger partial charge in [0.05, 0.1) is 29.5 Å². The molecule has 172 valence electrons. The lowest BCUT2D eigenvalue weighted by atomic mass is 10.1. The quantitative estimate of drug-likeness (QED) is 0.446. The van der Waals surface area contributed by atoms with Crippen LogP contribution in [-0.4, -0.2) is 42.7 Å². The van der Waals surface area contributed by atoms with Crippen LogP contribution in [0.4, 0.5) is 5.69 Å². The molecule has 1 heterocycles. The fourth-order valence-corrected chi connectivity index (χ4v) is 3.68. The lowest BCUT2D eigenvalue weighted by Gasteiger charge is -2.19. The second-order valence-electron chi connectivity index (χ2n) is 7.82. The monoisotopic (exact) mass is 458 g/mol. The van der Waals surface area contributed by atoms with Crippen LogP contribution < -0.4 is 10.1 Å². The number of rotatable bonds is 6. The van der Waals surface area contributed by atoms with Crippen LogP contribution in [-0.2, 0) is 9.53 Å². The van der Waals surface area contributed by atoms with Gasteiger partial charge in [0, 0.05) is 12.6 Å². The minimum absolute atomic E-state index is 0.0528. The zero-order chi connectivity index (χ0) is 24.4. The average molecular weight is 458 g/mol. The number of carbonyl (C=O) groups excluding carboxylic acids is 4. The highest BCUT2D eigenvalue weighted by Crippen LogP contribution is 2.29. The molecule has 0 fully saturated rings. The topological polar surface area (TPSA) is 102 Å². The van der Waals surface area contributed by atoms with E-state index in [4.69, 9.17) is 9.47 Å². The van der Waals surface area contributed by atoms with E-state index in [1.54, 1.807) is 42.5 Å². The van der Waals surface area contributed by atoms with Crippen LogP contribution in [0.5, 0.6) is 5.75 Å². The van der Waals surface area contributed by atoms with Crippen LogP contribution in [0.3, 0.4) is 0 Å². The summed E-state index contributed by atoms with van der Waals surface area (Å²) in [5.74, 6) is -1.86. The number of nitrogens with one attached hydrogen (secondary N) is 1. The van der Waals surface area contributed by atoms with Crippen molar-refractivity contribution in [3.63, 3.8) is 0 Å². The summed E-state index contributed by atoms with van der Waals surface area (Å²) in [5.41, 5.74) is 2.20. The highest BCUT2D eigenvalue weighted by molar-refractivity contribution is 6.21. The second-order valence-corrected chi connectivity index (χ2v) is 7.82. The predicted molar refractivity (Wildman–Crippen MR) is 124 cm³/mol. The minimum atomic E-state index is -1.27. The molecule has 0 spiro atoms. The Hall–Kier alpha value is -4.46. The van der Waals surface area contributed by atoms with E-state index in [-0.39, 0.29) is 16.7 Å². The van der Waals surface area contributed by atoms with Gasteiger partial charge in [0.1, 0.15) is 5.75 Å². The van der Waals surface area contributed by atoms with Crippen LogP contribution in [0.15, 0.2) is 66.7 Å². The summed E-state index contributed by atoms with van der Waals surface area (Å²) >= 11 is 0. The van der Waals surface area contributed by atoms with Gasteiger partial charge in [-0.05, 0) is 42.8 Å². The van der Waals surface area contributed by atoms with E-state index in [0.29, 0.717) is 17.0 Å². The molecule has 0 aromatic heterocycles. The van der Waals surface area contributed by atoms with Crippen LogP contribution >= 0.6 is 0 Å². The number of fused-ring (bicyclic) bond motifs is 1. The van der Waals surface area contributed by atoms with Crippen molar-refractivity contribution >= 4 is 29.4 Å². The molecule has 8 nitrogen and oxygen atoms in total. The first-order valence-electron chi connectivity index (χ1n) is 10.5. The lowest BCUT2D eigenvalue weighted by molar-refractivity contribution is -0.125. The van der Waals surface area contributed by atoms with Gasteiger partial charge in [-0.2, -0.15) is 0 Å². The van der Waals surface area contributed by atoms with E-state index in [1.807, 2.05) is 13.0 Å². The standard InChI is InChI=1S/C26H22N2O6/c1-15-9-12-21(33-3)20(13-15)27-23(29)22(16-7-5-4-6-8-16)34-26(32)17-10-11-18-19(14-17)25(31)28(2)24(18)30/h4-14,22H,1-3H3,(H,27,29). The predicted octanol–water partition coefficient (Wildman–Crippen LogP) is 3.77. The minimum Gasteiger partial charge on any atom is -0.495 e. The number of anilines is 1. The first-order chi connectivity index (χ1) is 16.3. The third kappa shape index (κ3) is 4.25. The number of imide groups is 1. The summed E-state index contributed by atoms with van der Waals surface area (Å²) in [4.78, 5) is 51.6. The maximum Gasteiger partial charge on any atom is 0.339 e. The number of carbonyl (C=O) groups is 4. The first kappa shape index (κ1) is 22.7. The maximum atomic E-state index is 13.2. The summed E-state index contributed by atoms with van der Waals surface area (Å²) in [6, 6.07) is 18.0. The molecular formula is C26H22N2O6. The zero-order valence-electron chi connectivity index (χ0n) is 18.8. The van der Waals surface area contributed by atoms with E-state index in [9.17, 15) is 19.2 Å². The van der Waals surface area contributed by atoms with Crippen molar-refractivity contribution in [2.45, 2.75) is 13.0 Å². The number of hydrogen-bond acceptors (Lipinski definition) is 6. The summed E-state index contributed by atoms with van der Waals surface area (Å²) in [5, 5.41) is 2.77. The molecule has 0 saturated carbocycles. The van der Waals surface area contributed by atoms with Gasteiger partial charge in [-0.3, -0.25) is 19.3 Å². The summed E-state index contributed by atoms with van der Waals surface area (Å²) < 4.78 is 10.9. The third-order valence-electron chi connectivity index (χ3n) is 5.50. The number of benzene rings is 3. The molecule has 3 aromatic rings. The Kier molecular flexibility index (Phi) is 6.14. The molecule has 0 bridgehead atoms. The molecule has 34 heavy (non-hydrogen) atoms. The van der Waals surface area contributed by atoms with Crippen molar-refractivity contribution < 1.29 is 28.7 Å². The molecular weight excluding hydrogens is 436 g/mol. The molecule has 0 saturated heterocycles. The molecule has 1 aliphatic rings. The Morgan fingerprint density at radius 3 is 2.32 bits per heavy atom. The smallest absolute Gasteiger partial charge is 0.339 e. The fourth-order valence-electron chi connectivity index (χ4n) is 3.68. The molecule has 1 N–H and O–H groups in total. The Morgan fingerprint density at radius 2 is 1.62 bits per heavy atom. The molecule has 0 aliphatic carbocycles. The molecule has 3 aromatic carbocycles. The average Bonchev–Trinajstić information content (AvgIpc) is 3.06. The Balaban J connectivity index is 1.63. The Bertz CT molecular complexity index is 1300. The highest BCUT2D eigenvalue weighted by atomic mass is 16.5. The normalized spacial score (nSPS) is 13.3. The highest BCUT2D eigenvalue weighted by Gasteiger charge is 2.34. The fraction of sp³-hybridized carbons (Fsp3) is 0.154. The van der Waals surface area contributed by atoms with E-state index < -0.39 is 29.8 Å². The van der Waals surface area contributed by atoms with Crippen LogP contribution in [0.25, 0.3) is 0 Å². The SMILES string of the molecule is COc1ccc(C)cc1NC(=O)C(OC(=O)c1ccc2c(c1)C(=O)N(C)C2=O)c1ccccc1. The van der Waals surface area contributed by atoms with E-state index in [2.05, 4.69) is 5.32 Å². The summed E-state index contributed by atoms with van der Waals surface area (Å²) in [7, 11) is 2.87. The van der Waals surface area contributed by atoms with Gasteiger partial charge < -0.3 is 14.8 Å². The first-order valence-corrected chi connectivity index (χ1v) is 10.5. The van der Waals surface area contributed by atoms with Gasteiger partial charge in [-0.1, -0.05) is 36.4 Å². The van der Waals surface area contributed by atoms with Crippen molar-refractivity contribution in [3.05, 3.63) is 94.5 Å². The number of aryl methyl sites for hydroxylation is 1. The van der Waals surface area contributed by atoms with Gasteiger partial charge >= 0.3 is 5.97 Å². The van der Waals surface area contributed by atoms with Gasteiger partial charge in [-0.15, -0.1) is 0 Å². The van der Waals surface area contributed by atoms with E-state index >= 15 is 0 Å². The molecule has 1 unspecified atom stereocenters. The van der Waals surface area contributed by atoms with Crippen molar-refractivity contribution in [1.82, 2.24) is 4.90 Å². The Morgan fingerprint density at radius 1 is 0.912 bits per heavy atom. The van der Waals surface area contributed by atoms with E-state index in [1.165, 1.54) is 32.4 Å². The van der Waals surface area contributed by atoms with Crippen molar-refractivity contribution in [3.8, 4) is 5.75 Å². The number of methoxy groups -OCH3 is 1. The number of ether oxygens (including phenoxy) is 2. The number of nitrogens with zero attached hydrogens (tertiary/aromatic N) is 1. The molecule has 4 rings (SSSR count). The van der Waals surface area contributed by atoms with E-state index in [0.717, 1.165) is 10.5 Å². The number of esters is 1. The van der Waals surface area contributed by atoms with Crippen LogP contribution in [0, 0.1) is 6.92 Å². The number of amides is 3. The van der Waals surface area contributed by atoms with Gasteiger partial charge in [0.2, 0.25) is 6.10 Å². The van der Waals surface area contributed by atoms with Gasteiger partial charge in [-0.25, -0.2) is 4.79 Å². The Labute approximate surface area is 196 Å². The van der Waals surface area contributed by atoms with Crippen molar-refractivity contribution in [2.75, 3.05) is 19.5 Å². The van der Waals surface area contributed by atoms with Crippen molar-refractivity contribution in [2.24, 2.45) is 0 Å². The molecule has 3 amide bonds. The molecule has 1 aliphatic heterocycles. The zero-order valence-corrected chi connectivity index (χ0v) is 18.8. The molecule has 8 heteroatoms. The lowest BCUT2D eigenvalue weighted by Crippen LogP contribution is -2.26. The third-order valence-corrected chi connectivity index (χ3v) is 5.50. The summed E-state index contributed by atoms with van der Waals surface area (Å²) in [6.45, 7) is 1.88. The molecule has 0 radical (unpaired) electrons.